The number of likely N-dealkylation sites (N-methyl/N-ethyl adjacent to an activating group) is 1. The molecule has 0 saturated carbocycles. The zero-order valence-corrected chi connectivity index (χ0v) is 25.1. The summed E-state index contributed by atoms with van der Waals surface area (Å²) in [6.45, 7) is -0.293. The number of rotatable bonds is 9. The molecule has 0 atom stereocenters. The van der Waals surface area contributed by atoms with Crippen LogP contribution in [0.2, 0.25) is 0 Å². The average molecular weight is 554 g/mol. The van der Waals surface area contributed by atoms with Crippen LogP contribution in [0.25, 0.3) is 17.8 Å². The van der Waals surface area contributed by atoms with E-state index in [1.54, 1.807) is 66.4 Å². The van der Waals surface area contributed by atoms with Crippen molar-refractivity contribution in [2.75, 3.05) is 30.9 Å². The van der Waals surface area contributed by atoms with Gasteiger partial charge in [0, 0.05) is 24.0 Å². The van der Waals surface area contributed by atoms with Crippen LogP contribution in [-0.4, -0.2) is 47.3 Å². The van der Waals surface area contributed by atoms with E-state index in [9.17, 15) is 14.7 Å². The Bertz CT molecular complexity index is 1510. The van der Waals surface area contributed by atoms with Gasteiger partial charge < -0.3 is 24.9 Å². The van der Waals surface area contributed by atoms with Gasteiger partial charge in [0.2, 0.25) is 0 Å². The van der Waals surface area contributed by atoms with Crippen LogP contribution in [0.5, 0.6) is 5.75 Å². The van der Waals surface area contributed by atoms with Gasteiger partial charge in [-0.25, -0.2) is 0 Å². The zero-order valence-electron chi connectivity index (χ0n) is 21.2. The first-order chi connectivity index (χ1) is 17.8. The topological polar surface area (TPSA) is 115 Å². The number of ether oxygens (including phenoxy) is 1. The maximum atomic E-state index is 13.1. The van der Waals surface area contributed by atoms with E-state index in [4.69, 9.17) is 17.0 Å². The molecule has 0 spiro atoms. The number of amides is 1. The van der Waals surface area contributed by atoms with Gasteiger partial charge in [-0.3, -0.25) is 14.5 Å². The number of carbonyl (C=O) groups is 2. The van der Waals surface area contributed by atoms with Crippen LogP contribution in [0, 0.1) is 4.77 Å². The molecule has 0 unspecified atom stereocenters. The molecule has 4 rings (SSSR count). The Labute approximate surface area is 267 Å². The van der Waals surface area contributed by atoms with Crippen molar-refractivity contribution < 1.29 is 70.8 Å². The molecule has 0 saturated heterocycles. The molecule has 9 nitrogen and oxygen atoms in total. The van der Waals surface area contributed by atoms with Crippen LogP contribution in [0.3, 0.4) is 0 Å². The fourth-order valence-corrected chi connectivity index (χ4v) is 3.93. The molecule has 2 N–H and O–H groups in total. The zero-order chi connectivity index (χ0) is 26.4. The summed E-state index contributed by atoms with van der Waals surface area (Å²) >= 11 is 5.22. The number of aromatic amines is 1. The van der Waals surface area contributed by atoms with Crippen molar-refractivity contribution in [3.8, 4) is 11.4 Å². The normalized spacial score (nSPS) is 10.6. The summed E-state index contributed by atoms with van der Waals surface area (Å²) < 4.78 is 7.32. The fourth-order valence-electron chi connectivity index (χ4n) is 3.73. The van der Waals surface area contributed by atoms with Gasteiger partial charge in [0.05, 0.1) is 25.3 Å². The minimum Gasteiger partial charge on any atom is -0.548 e. The number of hydrogen-bond donors (Lipinski definition) is 2. The van der Waals surface area contributed by atoms with Gasteiger partial charge in [0.1, 0.15) is 12.1 Å². The van der Waals surface area contributed by atoms with Crippen LogP contribution in [0.4, 0.5) is 11.4 Å². The molecule has 1 amide bonds. The number of methoxy groups -OCH3 is 1. The summed E-state index contributed by atoms with van der Waals surface area (Å²) in [5.41, 5.74) is 3.97. The molecule has 38 heavy (non-hydrogen) atoms. The Morgan fingerprint density at radius 3 is 2.55 bits per heavy atom. The molecule has 3 aromatic carbocycles. The van der Waals surface area contributed by atoms with Gasteiger partial charge in [0.15, 0.2) is 4.77 Å². The molecule has 0 aliphatic rings. The summed E-state index contributed by atoms with van der Waals surface area (Å²) in [6, 6.07) is 19.8. The van der Waals surface area contributed by atoms with Gasteiger partial charge in [-0.05, 0) is 71.9 Å². The molecule has 0 bridgehead atoms. The van der Waals surface area contributed by atoms with Gasteiger partial charge in [-0.1, -0.05) is 30.4 Å². The number of nitrogens with one attached hydrogen (secondary N) is 2. The minimum atomic E-state index is -1.20. The number of aliphatic carboxylic acids is 1. The largest absolute Gasteiger partial charge is 1.00 e. The van der Waals surface area contributed by atoms with E-state index < -0.39 is 5.97 Å². The molecule has 4 aromatic rings. The van der Waals surface area contributed by atoms with Crippen molar-refractivity contribution >= 4 is 47.6 Å². The Hall–Kier alpha value is -3.06. The molecule has 0 radical (unpaired) electrons. The molecular weight excluding hydrogens is 529 g/mol. The third kappa shape index (κ3) is 7.50. The number of H-pyrrole nitrogens is 1. The van der Waals surface area contributed by atoms with E-state index in [-0.39, 0.29) is 63.8 Å². The maximum absolute atomic E-state index is 13.1. The molecule has 11 heteroatoms. The summed E-state index contributed by atoms with van der Waals surface area (Å²) in [7, 11) is 3.26. The molecule has 1 aromatic heterocycles. The standard InChI is InChI=1S/C27H25N5O4S.K/c1-31(16-25(33)34)24-13-10-20(14-19(24)9-6-18-7-11-23(36-2)12-8-18)26(35)29-21-4-3-5-22(15-21)32-17-28-30-27(32)37;/h3-15,17H,16H2,1-2H3,(H,29,35)(H,30,37)(H,33,34);/q;+1/p-1/b9-6+;. The molecule has 1 heterocycles. The molecule has 0 aliphatic carbocycles. The smallest absolute Gasteiger partial charge is 0.548 e. The van der Waals surface area contributed by atoms with Crippen LogP contribution >= 0.6 is 12.2 Å². The molecular formula is C27H24KN5O4S. The van der Waals surface area contributed by atoms with Crippen molar-refractivity contribution in [3.05, 3.63) is 94.5 Å². The van der Waals surface area contributed by atoms with Crippen molar-refractivity contribution in [1.82, 2.24) is 14.8 Å². The van der Waals surface area contributed by atoms with Crippen LogP contribution in [0.15, 0.2) is 73.1 Å². The van der Waals surface area contributed by atoms with Crippen LogP contribution < -0.4 is 71.4 Å². The first-order valence-electron chi connectivity index (χ1n) is 11.2. The van der Waals surface area contributed by atoms with E-state index in [1.165, 1.54) is 0 Å². The Morgan fingerprint density at radius 1 is 1.13 bits per heavy atom. The molecule has 0 fully saturated rings. The van der Waals surface area contributed by atoms with Crippen molar-refractivity contribution in [2.45, 2.75) is 0 Å². The summed E-state index contributed by atoms with van der Waals surface area (Å²) in [5, 5.41) is 20.7. The second kappa shape index (κ2) is 13.6. The Kier molecular flexibility index (Phi) is 10.6. The van der Waals surface area contributed by atoms with E-state index in [0.717, 1.165) is 17.0 Å². The fraction of sp³-hybridized carbons (Fsp3) is 0.111. The van der Waals surface area contributed by atoms with Crippen LogP contribution in [0.1, 0.15) is 21.5 Å². The Balaban J connectivity index is 0.00000400. The summed E-state index contributed by atoms with van der Waals surface area (Å²) in [4.78, 5) is 25.9. The van der Waals surface area contributed by atoms with Gasteiger partial charge in [0.25, 0.3) is 5.91 Å². The molecule has 0 aliphatic heterocycles. The third-order valence-corrected chi connectivity index (χ3v) is 5.86. The third-order valence-electron chi connectivity index (χ3n) is 5.57. The van der Waals surface area contributed by atoms with Crippen molar-refractivity contribution in [3.63, 3.8) is 0 Å². The summed E-state index contributed by atoms with van der Waals surface area (Å²) in [5.74, 6) is -0.780. The first-order valence-corrected chi connectivity index (χ1v) is 11.7. The number of benzene rings is 3. The number of carboxylic acids is 1. The monoisotopic (exact) mass is 553 g/mol. The second-order valence-corrected chi connectivity index (χ2v) is 8.53. The van der Waals surface area contributed by atoms with Crippen molar-refractivity contribution in [1.29, 1.82) is 0 Å². The van der Waals surface area contributed by atoms with E-state index in [1.807, 2.05) is 42.5 Å². The number of carbonyl (C=O) groups excluding carboxylic acids is 2. The second-order valence-electron chi connectivity index (χ2n) is 8.14. The molecule has 188 valence electrons. The summed E-state index contributed by atoms with van der Waals surface area (Å²) in [6.07, 6.45) is 5.28. The number of hydrogen-bond acceptors (Lipinski definition) is 7. The average Bonchev–Trinajstić information content (AvgIpc) is 3.33. The number of carboxylic acid groups (broad SMARTS) is 1. The number of nitrogens with zero attached hydrogens (tertiary/aromatic N) is 3. The first kappa shape index (κ1) is 29.5. The Morgan fingerprint density at radius 2 is 1.89 bits per heavy atom. The SMILES string of the molecule is COc1ccc(/C=C/c2cc(C(=O)Nc3cccc(-n4cn[nH]c4=S)c3)ccc2N(C)CC(=O)[O-])cc1.[K+]. The van der Waals surface area contributed by atoms with Gasteiger partial charge in [-0.2, -0.15) is 5.10 Å². The van der Waals surface area contributed by atoms with Gasteiger partial charge >= 0.3 is 51.4 Å². The maximum Gasteiger partial charge on any atom is 1.00 e. The van der Waals surface area contributed by atoms with E-state index in [2.05, 4.69) is 15.5 Å². The van der Waals surface area contributed by atoms with Crippen LogP contribution in [-0.2, 0) is 4.79 Å². The van der Waals surface area contributed by atoms with Crippen molar-refractivity contribution in [2.24, 2.45) is 0 Å². The number of anilines is 2. The van der Waals surface area contributed by atoms with Gasteiger partial charge in [-0.15, -0.1) is 0 Å². The van der Waals surface area contributed by atoms with E-state index >= 15 is 0 Å². The predicted octanol–water partition coefficient (Wildman–Crippen LogP) is 0.551. The van der Waals surface area contributed by atoms with E-state index in [0.29, 0.717) is 27.3 Å². The quantitative estimate of drug-likeness (QED) is 0.177. The number of aromatic nitrogens is 3. The minimum absolute atomic E-state index is 0. The predicted molar refractivity (Wildman–Crippen MR) is 143 cm³/mol.